The normalized spacial score (nSPS) is 19.2. The fourth-order valence-electron chi connectivity index (χ4n) is 2.33. The van der Waals surface area contributed by atoms with Crippen molar-refractivity contribution in [3.63, 3.8) is 0 Å². The smallest absolute Gasteiger partial charge is 0.292 e. The van der Waals surface area contributed by atoms with E-state index in [1.807, 2.05) is 6.92 Å². The maximum atomic E-state index is 11.6. The van der Waals surface area contributed by atoms with Gasteiger partial charge in [-0.05, 0) is 19.8 Å². The number of hydrogen-bond donors (Lipinski definition) is 2. The highest BCUT2D eigenvalue weighted by Crippen LogP contribution is 2.32. The Kier molecular flexibility index (Phi) is 3.96. The Labute approximate surface area is 106 Å². The highest BCUT2D eigenvalue weighted by Gasteiger charge is 2.34. The zero-order chi connectivity index (χ0) is 13.0. The summed E-state index contributed by atoms with van der Waals surface area (Å²) in [5.74, 6) is 0.149. The number of nitrogens with two attached hydrogens (primary N) is 1. The van der Waals surface area contributed by atoms with Gasteiger partial charge in [-0.1, -0.05) is 30.8 Å². The van der Waals surface area contributed by atoms with Crippen LogP contribution in [0, 0.1) is 0 Å². The van der Waals surface area contributed by atoms with Crippen LogP contribution in [0.5, 0.6) is 0 Å². The lowest BCUT2D eigenvalue weighted by Gasteiger charge is -2.22. The minimum Gasteiger partial charge on any atom is -0.349 e. The summed E-state index contributed by atoms with van der Waals surface area (Å²) in [6.07, 6.45) is 6.19. The molecule has 1 aliphatic carbocycles. The molecule has 1 aromatic heterocycles. The van der Waals surface area contributed by atoms with Gasteiger partial charge in [0.2, 0.25) is 5.89 Å². The van der Waals surface area contributed by atoms with Crippen LogP contribution in [0.3, 0.4) is 0 Å². The van der Waals surface area contributed by atoms with Gasteiger partial charge in [0.1, 0.15) is 0 Å². The molecule has 0 unspecified atom stereocenters. The summed E-state index contributed by atoms with van der Waals surface area (Å²) in [6, 6.07) is 0. The monoisotopic (exact) mass is 252 g/mol. The fourth-order valence-corrected chi connectivity index (χ4v) is 2.33. The van der Waals surface area contributed by atoms with E-state index in [4.69, 9.17) is 10.3 Å². The van der Waals surface area contributed by atoms with Crippen LogP contribution >= 0.6 is 0 Å². The van der Waals surface area contributed by atoms with Crippen molar-refractivity contribution >= 4 is 5.91 Å². The van der Waals surface area contributed by atoms with Crippen molar-refractivity contribution in [2.24, 2.45) is 5.73 Å². The van der Waals surface area contributed by atoms with Crippen LogP contribution in [0.1, 0.15) is 62.0 Å². The lowest BCUT2D eigenvalue weighted by Crippen LogP contribution is -2.36. The molecule has 2 rings (SSSR count). The van der Waals surface area contributed by atoms with Crippen molar-refractivity contribution < 1.29 is 9.32 Å². The number of carbonyl (C=O) groups excluding carboxylic acids is 1. The van der Waals surface area contributed by atoms with Crippen LogP contribution in [0.4, 0.5) is 0 Å². The van der Waals surface area contributed by atoms with E-state index < -0.39 is 5.54 Å². The van der Waals surface area contributed by atoms with Crippen molar-refractivity contribution in [2.75, 3.05) is 6.54 Å². The minimum atomic E-state index is -0.561. The molecule has 1 aliphatic rings. The first-order chi connectivity index (χ1) is 8.65. The van der Waals surface area contributed by atoms with E-state index in [0.29, 0.717) is 12.4 Å². The molecule has 0 aliphatic heterocycles. The SMILES string of the molecule is CCNC(=O)c1noc(C2(N)CCCCCC2)n1. The van der Waals surface area contributed by atoms with Gasteiger partial charge >= 0.3 is 0 Å². The molecule has 1 saturated carbocycles. The number of carbonyl (C=O) groups is 1. The Bertz CT molecular complexity index is 408. The van der Waals surface area contributed by atoms with Crippen molar-refractivity contribution in [1.82, 2.24) is 15.5 Å². The Balaban J connectivity index is 2.15. The van der Waals surface area contributed by atoms with Crippen molar-refractivity contribution in [1.29, 1.82) is 0 Å². The maximum absolute atomic E-state index is 11.6. The molecule has 0 atom stereocenters. The van der Waals surface area contributed by atoms with Gasteiger partial charge < -0.3 is 15.6 Å². The summed E-state index contributed by atoms with van der Waals surface area (Å²) in [5.41, 5.74) is 5.78. The standard InChI is InChI=1S/C12H20N4O2/c1-2-14-10(17)9-15-11(18-16-9)12(13)7-5-3-4-6-8-12/h2-8,13H2,1H3,(H,14,17). The molecule has 1 amide bonds. The third kappa shape index (κ3) is 2.69. The summed E-state index contributed by atoms with van der Waals surface area (Å²) in [5, 5.41) is 6.35. The number of aromatic nitrogens is 2. The number of nitrogens with one attached hydrogen (secondary N) is 1. The molecule has 0 bridgehead atoms. The summed E-state index contributed by atoms with van der Waals surface area (Å²) >= 11 is 0. The number of hydrogen-bond acceptors (Lipinski definition) is 5. The lowest BCUT2D eigenvalue weighted by molar-refractivity contribution is 0.0942. The van der Waals surface area contributed by atoms with Crippen LogP contribution in [-0.4, -0.2) is 22.6 Å². The minimum absolute atomic E-state index is 0.0703. The van der Waals surface area contributed by atoms with Crippen LogP contribution in [-0.2, 0) is 5.54 Å². The summed E-state index contributed by atoms with van der Waals surface area (Å²) in [7, 11) is 0. The maximum Gasteiger partial charge on any atom is 0.292 e. The van der Waals surface area contributed by atoms with E-state index in [0.717, 1.165) is 25.7 Å². The van der Waals surface area contributed by atoms with Crippen LogP contribution in [0.25, 0.3) is 0 Å². The third-order valence-electron chi connectivity index (χ3n) is 3.39. The predicted octanol–water partition coefficient (Wildman–Crippen LogP) is 1.33. The van der Waals surface area contributed by atoms with Crippen molar-refractivity contribution in [3.8, 4) is 0 Å². The average molecular weight is 252 g/mol. The molecule has 0 aromatic carbocycles. The molecule has 0 saturated heterocycles. The molecular weight excluding hydrogens is 232 g/mol. The fraction of sp³-hybridized carbons (Fsp3) is 0.750. The van der Waals surface area contributed by atoms with E-state index in [2.05, 4.69) is 15.5 Å². The average Bonchev–Trinajstić information content (AvgIpc) is 2.75. The Morgan fingerprint density at radius 2 is 2.06 bits per heavy atom. The molecule has 0 spiro atoms. The topological polar surface area (TPSA) is 94.0 Å². The molecule has 100 valence electrons. The molecule has 1 aromatic rings. The molecule has 1 fully saturated rings. The van der Waals surface area contributed by atoms with Crippen LogP contribution in [0.2, 0.25) is 0 Å². The van der Waals surface area contributed by atoms with Crippen molar-refractivity contribution in [2.45, 2.75) is 51.0 Å². The molecular formula is C12H20N4O2. The summed E-state index contributed by atoms with van der Waals surface area (Å²) in [6.45, 7) is 2.38. The molecule has 6 nitrogen and oxygen atoms in total. The Morgan fingerprint density at radius 3 is 2.67 bits per heavy atom. The Hall–Kier alpha value is -1.43. The quantitative estimate of drug-likeness (QED) is 0.791. The van der Waals surface area contributed by atoms with Crippen LogP contribution < -0.4 is 11.1 Å². The molecule has 1 heterocycles. The van der Waals surface area contributed by atoms with Crippen molar-refractivity contribution in [3.05, 3.63) is 11.7 Å². The highest BCUT2D eigenvalue weighted by molar-refractivity contribution is 5.90. The third-order valence-corrected chi connectivity index (χ3v) is 3.39. The lowest BCUT2D eigenvalue weighted by atomic mass is 9.91. The number of nitrogens with zero attached hydrogens (tertiary/aromatic N) is 2. The Morgan fingerprint density at radius 1 is 1.39 bits per heavy atom. The van der Waals surface area contributed by atoms with Gasteiger partial charge in [0, 0.05) is 6.54 Å². The van der Waals surface area contributed by atoms with Gasteiger partial charge in [-0.15, -0.1) is 0 Å². The second-order valence-corrected chi connectivity index (χ2v) is 4.85. The molecule has 6 heteroatoms. The first-order valence-electron chi connectivity index (χ1n) is 6.57. The molecule has 18 heavy (non-hydrogen) atoms. The van der Waals surface area contributed by atoms with E-state index in [9.17, 15) is 4.79 Å². The molecule has 0 radical (unpaired) electrons. The largest absolute Gasteiger partial charge is 0.349 e. The highest BCUT2D eigenvalue weighted by atomic mass is 16.5. The van der Waals surface area contributed by atoms with E-state index >= 15 is 0 Å². The van der Waals surface area contributed by atoms with Gasteiger partial charge in [-0.2, -0.15) is 4.98 Å². The van der Waals surface area contributed by atoms with Gasteiger partial charge in [0.15, 0.2) is 0 Å². The van der Waals surface area contributed by atoms with Gasteiger partial charge in [0.25, 0.3) is 11.7 Å². The number of amides is 1. The molecule has 3 N–H and O–H groups in total. The summed E-state index contributed by atoms with van der Waals surface area (Å²) in [4.78, 5) is 15.7. The zero-order valence-corrected chi connectivity index (χ0v) is 10.7. The van der Waals surface area contributed by atoms with E-state index in [1.54, 1.807) is 0 Å². The van der Waals surface area contributed by atoms with Gasteiger partial charge in [-0.3, -0.25) is 4.79 Å². The first-order valence-corrected chi connectivity index (χ1v) is 6.57. The van der Waals surface area contributed by atoms with Gasteiger partial charge in [0.05, 0.1) is 5.54 Å². The second kappa shape index (κ2) is 5.48. The van der Waals surface area contributed by atoms with E-state index in [-0.39, 0.29) is 11.7 Å². The zero-order valence-electron chi connectivity index (χ0n) is 10.7. The second-order valence-electron chi connectivity index (χ2n) is 4.85. The van der Waals surface area contributed by atoms with E-state index in [1.165, 1.54) is 12.8 Å². The predicted molar refractivity (Wildman–Crippen MR) is 65.9 cm³/mol. The van der Waals surface area contributed by atoms with Gasteiger partial charge in [-0.25, -0.2) is 0 Å². The van der Waals surface area contributed by atoms with Crippen LogP contribution in [0.15, 0.2) is 4.52 Å². The first kappa shape index (κ1) is 13.0. The summed E-state index contributed by atoms with van der Waals surface area (Å²) < 4.78 is 5.18. The number of rotatable bonds is 3.